The van der Waals surface area contributed by atoms with Crippen molar-refractivity contribution in [2.75, 3.05) is 7.05 Å². The first kappa shape index (κ1) is 16.1. The van der Waals surface area contributed by atoms with Crippen LogP contribution in [-0.2, 0) is 17.8 Å². The highest BCUT2D eigenvalue weighted by Gasteiger charge is 2.45. The van der Waals surface area contributed by atoms with Crippen LogP contribution in [-0.4, -0.2) is 17.9 Å². The smallest absolute Gasteiger partial charge is 0.226 e. The number of hydrogen-bond donors (Lipinski definition) is 0. The van der Waals surface area contributed by atoms with Gasteiger partial charge >= 0.3 is 0 Å². The molecule has 120 valence electrons. The molecule has 23 heavy (non-hydrogen) atoms. The predicted octanol–water partition coefficient (Wildman–Crippen LogP) is 4.66. The minimum atomic E-state index is 0.0785. The molecule has 0 aromatic heterocycles. The van der Waals surface area contributed by atoms with Crippen molar-refractivity contribution < 1.29 is 4.79 Å². The third-order valence-electron chi connectivity index (χ3n) is 4.64. The highest BCUT2D eigenvalue weighted by Crippen LogP contribution is 2.50. The van der Waals surface area contributed by atoms with E-state index in [-0.39, 0.29) is 17.7 Å². The van der Waals surface area contributed by atoms with E-state index in [0.29, 0.717) is 6.54 Å². The number of rotatable bonds is 5. The van der Waals surface area contributed by atoms with Gasteiger partial charge in [-0.3, -0.25) is 4.79 Å². The van der Waals surface area contributed by atoms with E-state index in [4.69, 9.17) is 11.6 Å². The summed E-state index contributed by atoms with van der Waals surface area (Å²) in [5.74, 6) is 0.574. The lowest BCUT2D eigenvalue weighted by atomic mass is 10.1. The quantitative estimate of drug-likeness (QED) is 0.781. The van der Waals surface area contributed by atoms with Gasteiger partial charge in [-0.05, 0) is 41.5 Å². The Balaban J connectivity index is 1.61. The normalized spacial score (nSPS) is 19.4. The fourth-order valence-electron chi connectivity index (χ4n) is 3.10. The molecule has 2 nitrogen and oxygen atoms in total. The Morgan fingerprint density at radius 1 is 1.13 bits per heavy atom. The number of amides is 1. The van der Waals surface area contributed by atoms with Crippen LogP contribution in [0.3, 0.4) is 0 Å². The molecule has 0 N–H and O–H groups in total. The van der Waals surface area contributed by atoms with E-state index in [1.54, 1.807) is 0 Å². The summed E-state index contributed by atoms with van der Waals surface area (Å²) < 4.78 is 0. The highest BCUT2D eigenvalue weighted by atomic mass is 35.5. The van der Waals surface area contributed by atoms with Crippen molar-refractivity contribution >= 4 is 17.5 Å². The SMILES string of the molecule is CCc1ccc(CN(C)C(=O)C2CC2c2ccccc2Cl)cc1. The molecule has 0 bridgehead atoms. The molecule has 2 aromatic rings. The minimum Gasteiger partial charge on any atom is -0.341 e. The number of carbonyl (C=O) groups excluding carboxylic acids is 1. The molecular weight excluding hydrogens is 306 g/mol. The van der Waals surface area contributed by atoms with Crippen molar-refractivity contribution in [2.45, 2.75) is 32.2 Å². The standard InChI is InChI=1S/C20H22ClNO/c1-3-14-8-10-15(11-9-14)13-22(2)20(23)18-12-17(18)16-6-4-5-7-19(16)21/h4-11,17-18H,3,12-13H2,1-2H3. The van der Waals surface area contributed by atoms with Gasteiger partial charge in [0.15, 0.2) is 0 Å². The van der Waals surface area contributed by atoms with Crippen LogP contribution in [0.2, 0.25) is 5.02 Å². The van der Waals surface area contributed by atoms with Gasteiger partial charge in [0, 0.05) is 24.5 Å². The van der Waals surface area contributed by atoms with Gasteiger partial charge in [-0.2, -0.15) is 0 Å². The second-order valence-electron chi connectivity index (χ2n) is 6.33. The van der Waals surface area contributed by atoms with Crippen molar-refractivity contribution in [3.8, 4) is 0 Å². The van der Waals surface area contributed by atoms with Crippen molar-refractivity contribution in [1.82, 2.24) is 4.90 Å². The van der Waals surface area contributed by atoms with Gasteiger partial charge in [0.05, 0.1) is 0 Å². The summed E-state index contributed by atoms with van der Waals surface area (Å²) in [6.07, 6.45) is 1.94. The summed E-state index contributed by atoms with van der Waals surface area (Å²) in [5.41, 5.74) is 3.60. The van der Waals surface area contributed by atoms with Crippen molar-refractivity contribution in [1.29, 1.82) is 0 Å². The van der Waals surface area contributed by atoms with E-state index in [1.807, 2.05) is 36.2 Å². The summed E-state index contributed by atoms with van der Waals surface area (Å²) in [4.78, 5) is 14.4. The molecule has 2 aromatic carbocycles. The first-order valence-corrected chi connectivity index (χ1v) is 8.55. The Bertz CT molecular complexity index is 695. The number of carbonyl (C=O) groups is 1. The Morgan fingerprint density at radius 3 is 2.43 bits per heavy atom. The average Bonchev–Trinajstić information content (AvgIpc) is 3.35. The number of hydrogen-bond acceptors (Lipinski definition) is 1. The van der Waals surface area contributed by atoms with Crippen LogP contribution in [0.25, 0.3) is 0 Å². The lowest BCUT2D eigenvalue weighted by molar-refractivity contribution is -0.131. The van der Waals surface area contributed by atoms with Crippen LogP contribution in [0.15, 0.2) is 48.5 Å². The Kier molecular flexibility index (Phi) is 4.72. The topological polar surface area (TPSA) is 20.3 Å². The molecule has 2 unspecified atom stereocenters. The van der Waals surface area contributed by atoms with Gasteiger partial charge in [0.25, 0.3) is 0 Å². The number of nitrogens with zero attached hydrogens (tertiary/aromatic N) is 1. The van der Waals surface area contributed by atoms with E-state index in [0.717, 1.165) is 23.4 Å². The van der Waals surface area contributed by atoms with Gasteiger partial charge in [0.1, 0.15) is 0 Å². The van der Waals surface area contributed by atoms with E-state index < -0.39 is 0 Å². The zero-order chi connectivity index (χ0) is 16.4. The summed E-state index contributed by atoms with van der Waals surface area (Å²) in [6.45, 7) is 2.81. The molecular formula is C20H22ClNO. The van der Waals surface area contributed by atoms with Gasteiger partial charge in [-0.25, -0.2) is 0 Å². The largest absolute Gasteiger partial charge is 0.341 e. The first-order valence-electron chi connectivity index (χ1n) is 8.17. The third kappa shape index (κ3) is 3.59. The van der Waals surface area contributed by atoms with E-state index in [1.165, 1.54) is 11.1 Å². The van der Waals surface area contributed by atoms with Gasteiger partial charge in [0.2, 0.25) is 5.91 Å². The molecule has 0 heterocycles. The molecule has 0 saturated heterocycles. The Labute approximate surface area is 143 Å². The molecule has 1 fully saturated rings. The van der Waals surface area contributed by atoms with Crippen LogP contribution < -0.4 is 0 Å². The molecule has 1 saturated carbocycles. The zero-order valence-electron chi connectivity index (χ0n) is 13.6. The van der Waals surface area contributed by atoms with E-state index in [2.05, 4.69) is 31.2 Å². The monoisotopic (exact) mass is 327 g/mol. The van der Waals surface area contributed by atoms with Crippen LogP contribution in [0.1, 0.15) is 36.0 Å². The highest BCUT2D eigenvalue weighted by molar-refractivity contribution is 6.31. The lowest BCUT2D eigenvalue weighted by Crippen LogP contribution is -2.28. The fourth-order valence-corrected chi connectivity index (χ4v) is 3.38. The molecule has 3 heteroatoms. The Hall–Kier alpha value is -1.80. The van der Waals surface area contributed by atoms with Crippen LogP contribution in [0, 0.1) is 5.92 Å². The second-order valence-corrected chi connectivity index (χ2v) is 6.74. The summed E-state index contributed by atoms with van der Waals surface area (Å²) in [7, 11) is 1.89. The maximum atomic E-state index is 12.6. The number of benzene rings is 2. The molecule has 1 aliphatic carbocycles. The zero-order valence-corrected chi connectivity index (χ0v) is 14.4. The maximum absolute atomic E-state index is 12.6. The average molecular weight is 328 g/mol. The minimum absolute atomic E-state index is 0.0785. The first-order chi connectivity index (χ1) is 11.1. The van der Waals surface area contributed by atoms with Crippen LogP contribution >= 0.6 is 11.6 Å². The molecule has 2 atom stereocenters. The molecule has 0 aliphatic heterocycles. The fraction of sp³-hybridized carbons (Fsp3) is 0.350. The molecule has 1 aliphatic rings. The van der Waals surface area contributed by atoms with Crippen molar-refractivity contribution in [3.63, 3.8) is 0 Å². The predicted molar refractivity (Wildman–Crippen MR) is 94.6 cm³/mol. The van der Waals surface area contributed by atoms with Crippen molar-refractivity contribution in [3.05, 3.63) is 70.2 Å². The molecule has 1 amide bonds. The van der Waals surface area contributed by atoms with Crippen molar-refractivity contribution in [2.24, 2.45) is 5.92 Å². The van der Waals surface area contributed by atoms with Crippen LogP contribution in [0.4, 0.5) is 0 Å². The maximum Gasteiger partial charge on any atom is 0.226 e. The van der Waals surface area contributed by atoms with Gasteiger partial charge in [-0.1, -0.05) is 61.0 Å². The van der Waals surface area contributed by atoms with E-state index in [9.17, 15) is 4.79 Å². The van der Waals surface area contributed by atoms with Gasteiger partial charge < -0.3 is 4.90 Å². The summed E-state index contributed by atoms with van der Waals surface area (Å²) >= 11 is 6.24. The summed E-state index contributed by atoms with van der Waals surface area (Å²) in [5, 5.41) is 0.769. The molecule has 0 radical (unpaired) electrons. The Morgan fingerprint density at radius 2 is 1.78 bits per heavy atom. The summed E-state index contributed by atoms with van der Waals surface area (Å²) in [6, 6.07) is 16.3. The van der Waals surface area contributed by atoms with Gasteiger partial charge in [-0.15, -0.1) is 0 Å². The van der Waals surface area contributed by atoms with E-state index >= 15 is 0 Å². The molecule has 0 spiro atoms. The second kappa shape index (κ2) is 6.76. The van der Waals surface area contributed by atoms with Crippen LogP contribution in [0.5, 0.6) is 0 Å². The number of halogens is 1. The lowest BCUT2D eigenvalue weighted by Gasteiger charge is -2.18. The number of aryl methyl sites for hydroxylation is 1. The molecule has 3 rings (SSSR count). The third-order valence-corrected chi connectivity index (χ3v) is 4.98.